The lowest BCUT2D eigenvalue weighted by Gasteiger charge is -2.15. The highest BCUT2D eigenvalue weighted by Gasteiger charge is 2.12. The van der Waals surface area contributed by atoms with Gasteiger partial charge in [0.05, 0.1) is 11.4 Å². The number of nitrogens with zero attached hydrogens (tertiary/aromatic N) is 4. The Morgan fingerprint density at radius 1 is 0.909 bits per heavy atom. The Hall–Kier alpha value is -2.46. The van der Waals surface area contributed by atoms with E-state index in [-0.39, 0.29) is 0 Å². The zero-order valence-electron chi connectivity index (χ0n) is 13.0. The third kappa shape index (κ3) is 3.23. The topological polar surface area (TPSA) is 34.0 Å². The van der Waals surface area contributed by atoms with Gasteiger partial charge in [0.1, 0.15) is 5.69 Å². The monoisotopic (exact) mass is 292 g/mol. The number of para-hydroxylation sites is 1. The second kappa shape index (κ2) is 6.54. The summed E-state index contributed by atoms with van der Waals surface area (Å²) in [5.41, 5.74) is 4.45. The fraction of sp³-hybridized carbons (Fsp3) is 0.222. The Labute approximate surface area is 131 Å². The molecule has 1 aromatic heterocycles. The highest BCUT2D eigenvalue weighted by Crippen LogP contribution is 2.14. The van der Waals surface area contributed by atoms with Gasteiger partial charge in [-0.25, -0.2) is 4.68 Å². The zero-order valence-corrected chi connectivity index (χ0v) is 13.0. The van der Waals surface area contributed by atoms with Gasteiger partial charge >= 0.3 is 0 Å². The summed E-state index contributed by atoms with van der Waals surface area (Å²) >= 11 is 0. The van der Waals surface area contributed by atoms with Crippen molar-refractivity contribution in [3.63, 3.8) is 0 Å². The number of benzene rings is 2. The van der Waals surface area contributed by atoms with Crippen LogP contribution >= 0.6 is 0 Å². The van der Waals surface area contributed by atoms with E-state index in [1.807, 2.05) is 41.1 Å². The average Bonchev–Trinajstić information content (AvgIpc) is 2.90. The summed E-state index contributed by atoms with van der Waals surface area (Å²) in [7, 11) is 2.11. The van der Waals surface area contributed by atoms with E-state index in [1.165, 1.54) is 5.56 Å². The first-order valence-corrected chi connectivity index (χ1v) is 7.43. The summed E-state index contributed by atoms with van der Waals surface area (Å²) in [6.07, 6.45) is 0. The van der Waals surface area contributed by atoms with E-state index in [9.17, 15) is 0 Å². The van der Waals surface area contributed by atoms with Crippen molar-refractivity contribution in [3.8, 4) is 5.69 Å². The molecule has 0 amide bonds. The molecule has 0 saturated carbocycles. The fourth-order valence-corrected chi connectivity index (χ4v) is 2.53. The van der Waals surface area contributed by atoms with Crippen molar-refractivity contribution in [2.45, 2.75) is 20.0 Å². The van der Waals surface area contributed by atoms with Crippen molar-refractivity contribution in [2.75, 3.05) is 7.05 Å². The van der Waals surface area contributed by atoms with Crippen molar-refractivity contribution in [2.24, 2.45) is 0 Å². The van der Waals surface area contributed by atoms with Gasteiger partial charge < -0.3 is 0 Å². The third-order valence-corrected chi connectivity index (χ3v) is 3.71. The Bertz CT molecular complexity index is 719. The number of rotatable bonds is 5. The lowest BCUT2D eigenvalue weighted by atomic mass is 10.2. The van der Waals surface area contributed by atoms with E-state index >= 15 is 0 Å². The summed E-state index contributed by atoms with van der Waals surface area (Å²) in [5.74, 6) is 0. The molecule has 0 aliphatic rings. The van der Waals surface area contributed by atoms with Crippen LogP contribution in [-0.4, -0.2) is 26.9 Å². The van der Waals surface area contributed by atoms with E-state index in [1.54, 1.807) is 0 Å². The van der Waals surface area contributed by atoms with Crippen molar-refractivity contribution in [1.82, 2.24) is 19.9 Å². The first-order valence-electron chi connectivity index (χ1n) is 7.43. The van der Waals surface area contributed by atoms with Crippen molar-refractivity contribution >= 4 is 0 Å². The molecule has 0 N–H and O–H groups in total. The average molecular weight is 292 g/mol. The molecule has 0 fully saturated rings. The van der Waals surface area contributed by atoms with Crippen LogP contribution < -0.4 is 0 Å². The molecule has 112 valence electrons. The van der Waals surface area contributed by atoms with E-state index < -0.39 is 0 Å². The second-order valence-electron chi connectivity index (χ2n) is 5.53. The lowest BCUT2D eigenvalue weighted by molar-refractivity contribution is 0.314. The van der Waals surface area contributed by atoms with Gasteiger partial charge in [-0.1, -0.05) is 53.7 Å². The van der Waals surface area contributed by atoms with Gasteiger partial charge in [-0.2, -0.15) is 0 Å². The molecule has 2 aromatic carbocycles. The van der Waals surface area contributed by atoms with Gasteiger partial charge in [-0.3, -0.25) is 4.90 Å². The molecule has 0 aliphatic carbocycles. The highest BCUT2D eigenvalue weighted by atomic mass is 15.4. The number of aromatic nitrogens is 3. The molecule has 0 unspecified atom stereocenters. The normalized spacial score (nSPS) is 11.0. The first-order chi connectivity index (χ1) is 10.7. The van der Waals surface area contributed by atoms with Gasteiger partial charge in [0.25, 0.3) is 0 Å². The number of hydrogen-bond donors (Lipinski definition) is 0. The van der Waals surface area contributed by atoms with Crippen LogP contribution in [0.2, 0.25) is 0 Å². The predicted octanol–water partition coefficient (Wildman–Crippen LogP) is 3.21. The molecule has 22 heavy (non-hydrogen) atoms. The SMILES string of the molecule is Cc1c(CN(C)Cc2ccccc2)nnn1-c1ccccc1. The van der Waals surface area contributed by atoms with Crippen molar-refractivity contribution < 1.29 is 0 Å². The molecule has 0 radical (unpaired) electrons. The summed E-state index contributed by atoms with van der Waals surface area (Å²) in [5, 5.41) is 8.63. The molecule has 0 atom stereocenters. The molecule has 0 aliphatic heterocycles. The molecule has 1 heterocycles. The lowest BCUT2D eigenvalue weighted by Crippen LogP contribution is -2.18. The second-order valence-corrected chi connectivity index (χ2v) is 5.53. The zero-order chi connectivity index (χ0) is 15.4. The van der Waals surface area contributed by atoms with E-state index in [0.29, 0.717) is 0 Å². The standard InChI is InChI=1S/C18H20N4/c1-15-18(14-21(2)13-16-9-5-3-6-10-16)19-20-22(15)17-11-7-4-8-12-17/h3-12H,13-14H2,1-2H3. The quantitative estimate of drug-likeness (QED) is 0.724. The summed E-state index contributed by atoms with van der Waals surface area (Å²) in [6, 6.07) is 20.6. The van der Waals surface area contributed by atoms with Crippen molar-refractivity contribution in [3.05, 3.63) is 77.6 Å². The Kier molecular flexibility index (Phi) is 4.30. The Balaban J connectivity index is 1.72. The molecule has 3 aromatic rings. The predicted molar refractivity (Wildman–Crippen MR) is 87.7 cm³/mol. The van der Waals surface area contributed by atoms with Crippen LogP contribution in [0.15, 0.2) is 60.7 Å². The van der Waals surface area contributed by atoms with Gasteiger partial charge in [0.2, 0.25) is 0 Å². The van der Waals surface area contributed by atoms with Crippen LogP contribution in [0.5, 0.6) is 0 Å². The fourth-order valence-electron chi connectivity index (χ4n) is 2.53. The molecular formula is C18H20N4. The molecule has 4 nitrogen and oxygen atoms in total. The van der Waals surface area contributed by atoms with Crippen LogP contribution in [0, 0.1) is 6.92 Å². The molecule has 0 bridgehead atoms. The molecular weight excluding hydrogens is 272 g/mol. The van der Waals surface area contributed by atoms with E-state index in [2.05, 4.69) is 53.4 Å². The van der Waals surface area contributed by atoms with Gasteiger partial charge in [0, 0.05) is 13.1 Å². The van der Waals surface area contributed by atoms with Crippen LogP contribution in [0.1, 0.15) is 17.0 Å². The van der Waals surface area contributed by atoms with E-state index in [0.717, 1.165) is 30.2 Å². The summed E-state index contributed by atoms with van der Waals surface area (Å²) < 4.78 is 1.89. The molecule has 3 rings (SSSR count). The van der Waals surface area contributed by atoms with Crippen LogP contribution in [0.25, 0.3) is 5.69 Å². The van der Waals surface area contributed by atoms with Crippen LogP contribution in [-0.2, 0) is 13.1 Å². The smallest absolute Gasteiger partial charge is 0.100 e. The minimum Gasteiger partial charge on any atom is -0.296 e. The maximum atomic E-state index is 4.35. The maximum absolute atomic E-state index is 4.35. The minimum atomic E-state index is 0.785. The largest absolute Gasteiger partial charge is 0.296 e. The third-order valence-electron chi connectivity index (χ3n) is 3.71. The first kappa shape index (κ1) is 14.5. The van der Waals surface area contributed by atoms with Crippen LogP contribution in [0.3, 0.4) is 0 Å². The molecule has 0 saturated heterocycles. The van der Waals surface area contributed by atoms with Gasteiger partial charge in [-0.15, -0.1) is 5.10 Å². The molecule has 4 heteroatoms. The van der Waals surface area contributed by atoms with Crippen molar-refractivity contribution in [1.29, 1.82) is 0 Å². The van der Waals surface area contributed by atoms with E-state index in [4.69, 9.17) is 0 Å². The summed E-state index contributed by atoms with van der Waals surface area (Å²) in [6.45, 7) is 3.75. The maximum Gasteiger partial charge on any atom is 0.100 e. The van der Waals surface area contributed by atoms with Crippen LogP contribution in [0.4, 0.5) is 0 Å². The number of hydrogen-bond acceptors (Lipinski definition) is 3. The Morgan fingerprint density at radius 2 is 1.55 bits per heavy atom. The Morgan fingerprint density at radius 3 is 2.23 bits per heavy atom. The van der Waals surface area contributed by atoms with Gasteiger partial charge in [0.15, 0.2) is 0 Å². The minimum absolute atomic E-state index is 0.785. The van der Waals surface area contributed by atoms with Gasteiger partial charge in [-0.05, 0) is 31.7 Å². The summed E-state index contributed by atoms with van der Waals surface area (Å²) in [4.78, 5) is 2.25. The molecule has 0 spiro atoms. The highest BCUT2D eigenvalue weighted by molar-refractivity contribution is 5.32.